The molecule has 1 aromatic heterocycles. The number of carbonyl (C=O) groups is 2. The van der Waals surface area contributed by atoms with E-state index in [2.05, 4.69) is 15.6 Å². The maximum Gasteiger partial charge on any atom is 0.250 e. The zero-order valence-electron chi connectivity index (χ0n) is 12.7. The van der Waals surface area contributed by atoms with Gasteiger partial charge in [0.15, 0.2) is 0 Å². The van der Waals surface area contributed by atoms with E-state index in [-0.39, 0.29) is 12.3 Å². The Balaban J connectivity index is 1.70. The predicted molar refractivity (Wildman–Crippen MR) is 82.1 cm³/mol. The van der Waals surface area contributed by atoms with Crippen LogP contribution in [0.1, 0.15) is 22.9 Å². The maximum atomic E-state index is 12.2. The SMILES string of the molecule is Cn1cnc(CC(O)C(=O)NC2C(=O)NCc3ccccc32)c1. The van der Waals surface area contributed by atoms with Gasteiger partial charge in [-0.25, -0.2) is 4.98 Å². The van der Waals surface area contributed by atoms with E-state index >= 15 is 0 Å². The molecule has 120 valence electrons. The second-order valence-corrected chi connectivity index (χ2v) is 5.61. The van der Waals surface area contributed by atoms with Gasteiger partial charge in [-0.05, 0) is 11.1 Å². The van der Waals surface area contributed by atoms with Crippen molar-refractivity contribution >= 4 is 11.8 Å². The minimum absolute atomic E-state index is 0.0999. The summed E-state index contributed by atoms with van der Waals surface area (Å²) in [5.74, 6) is -0.866. The minimum Gasteiger partial charge on any atom is -0.383 e. The first-order chi connectivity index (χ1) is 11.0. The Bertz CT molecular complexity index is 740. The number of aromatic nitrogens is 2. The molecule has 0 fully saturated rings. The fraction of sp³-hybridized carbons (Fsp3) is 0.312. The van der Waals surface area contributed by atoms with Crippen molar-refractivity contribution in [2.45, 2.75) is 25.1 Å². The van der Waals surface area contributed by atoms with Gasteiger partial charge in [-0.1, -0.05) is 24.3 Å². The zero-order valence-corrected chi connectivity index (χ0v) is 12.7. The number of imidazole rings is 1. The van der Waals surface area contributed by atoms with Crippen molar-refractivity contribution in [2.24, 2.45) is 7.05 Å². The molecule has 7 heteroatoms. The summed E-state index contributed by atoms with van der Waals surface area (Å²) in [6.07, 6.45) is 2.18. The van der Waals surface area contributed by atoms with E-state index in [0.29, 0.717) is 12.2 Å². The third kappa shape index (κ3) is 3.24. The average Bonchev–Trinajstić information content (AvgIpc) is 2.95. The summed E-state index contributed by atoms with van der Waals surface area (Å²) in [6, 6.07) is 6.62. The average molecular weight is 314 g/mol. The third-order valence-electron chi connectivity index (χ3n) is 3.83. The molecule has 7 nitrogen and oxygen atoms in total. The third-order valence-corrected chi connectivity index (χ3v) is 3.83. The molecule has 2 unspecified atom stereocenters. The van der Waals surface area contributed by atoms with E-state index in [1.807, 2.05) is 31.3 Å². The van der Waals surface area contributed by atoms with Crippen molar-refractivity contribution < 1.29 is 14.7 Å². The molecular formula is C16H18N4O3. The number of rotatable bonds is 4. The number of fused-ring (bicyclic) bond motifs is 1. The first-order valence-electron chi connectivity index (χ1n) is 7.35. The first-order valence-corrected chi connectivity index (χ1v) is 7.35. The van der Waals surface area contributed by atoms with Crippen LogP contribution < -0.4 is 10.6 Å². The zero-order chi connectivity index (χ0) is 16.4. The van der Waals surface area contributed by atoms with Crippen LogP contribution in [-0.4, -0.2) is 32.6 Å². The molecule has 2 atom stereocenters. The highest BCUT2D eigenvalue weighted by molar-refractivity contribution is 5.91. The molecule has 2 amide bonds. The van der Waals surface area contributed by atoms with Crippen molar-refractivity contribution in [3.63, 3.8) is 0 Å². The number of benzene rings is 1. The summed E-state index contributed by atoms with van der Waals surface area (Å²) in [6.45, 7) is 0.442. The van der Waals surface area contributed by atoms with Gasteiger partial charge < -0.3 is 20.3 Å². The lowest BCUT2D eigenvalue weighted by molar-refractivity contribution is -0.134. The smallest absolute Gasteiger partial charge is 0.250 e. The number of nitrogens with zero attached hydrogens (tertiary/aromatic N) is 2. The van der Waals surface area contributed by atoms with Crippen LogP contribution in [0.4, 0.5) is 0 Å². The summed E-state index contributed by atoms with van der Waals surface area (Å²) >= 11 is 0. The van der Waals surface area contributed by atoms with Crippen LogP contribution in [0.3, 0.4) is 0 Å². The quantitative estimate of drug-likeness (QED) is 0.729. The monoisotopic (exact) mass is 314 g/mol. The molecule has 2 aromatic rings. The van der Waals surface area contributed by atoms with Gasteiger partial charge in [0, 0.05) is 26.2 Å². The van der Waals surface area contributed by atoms with Crippen LogP contribution in [0.2, 0.25) is 0 Å². The molecule has 0 radical (unpaired) electrons. The van der Waals surface area contributed by atoms with Crippen molar-refractivity contribution in [2.75, 3.05) is 0 Å². The van der Waals surface area contributed by atoms with Crippen molar-refractivity contribution in [3.8, 4) is 0 Å². The Morgan fingerprint density at radius 2 is 2.30 bits per heavy atom. The Morgan fingerprint density at radius 1 is 1.52 bits per heavy atom. The van der Waals surface area contributed by atoms with E-state index in [0.717, 1.165) is 11.1 Å². The summed E-state index contributed by atoms with van der Waals surface area (Å²) < 4.78 is 1.74. The summed E-state index contributed by atoms with van der Waals surface area (Å²) in [5.41, 5.74) is 2.33. The highest BCUT2D eigenvalue weighted by Crippen LogP contribution is 2.22. The molecule has 0 saturated carbocycles. The molecule has 0 bridgehead atoms. The molecule has 1 aliphatic rings. The number of amides is 2. The second kappa shape index (κ2) is 6.21. The highest BCUT2D eigenvalue weighted by Gasteiger charge is 2.30. The second-order valence-electron chi connectivity index (χ2n) is 5.61. The fourth-order valence-corrected chi connectivity index (χ4v) is 2.65. The molecule has 3 rings (SSSR count). The number of aryl methyl sites for hydroxylation is 1. The fourth-order valence-electron chi connectivity index (χ4n) is 2.65. The molecule has 0 saturated heterocycles. The summed E-state index contributed by atoms with van der Waals surface area (Å²) in [7, 11) is 1.81. The van der Waals surface area contributed by atoms with Crippen LogP contribution in [-0.2, 0) is 29.6 Å². The topological polar surface area (TPSA) is 96.2 Å². The first kappa shape index (κ1) is 15.2. The summed E-state index contributed by atoms with van der Waals surface area (Å²) in [5, 5.41) is 15.4. The van der Waals surface area contributed by atoms with E-state index in [4.69, 9.17) is 0 Å². The van der Waals surface area contributed by atoms with Gasteiger partial charge >= 0.3 is 0 Å². The maximum absolute atomic E-state index is 12.2. The number of aliphatic hydroxyl groups excluding tert-OH is 1. The Hall–Kier alpha value is -2.67. The molecule has 23 heavy (non-hydrogen) atoms. The van der Waals surface area contributed by atoms with Gasteiger partial charge in [-0.3, -0.25) is 9.59 Å². The Kier molecular flexibility index (Phi) is 4.12. The largest absolute Gasteiger partial charge is 0.383 e. The van der Waals surface area contributed by atoms with Gasteiger partial charge in [-0.15, -0.1) is 0 Å². The van der Waals surface area contributed by atoms with E-state index in [9.17, 15) is 14.7 Å². The van der Waals surface area contributed by atoms with Gasteiger partial charge in [0.2, 0.25) is 11.8 Å². The van der Waals surface area contributed by atoms with Crippen LogP contribution >= 0.6 is 0 Å². The molecule has 1 aromatic carbocycles. The molecular weight excluding hydrogens is 296 g/mol. The number of hydrogen-bond donors (Lipinski definition) is 3. The standard InChI is InChI=1S/C16H18N4O3/c1-20-8-11(18-9-20)6-13(21)15(22)19-14-12-5-3-2-4-10(12)7-17-16(14)23/h2-5,8-9,13-14,21H,6-7H2,1H3,(H,17,23)(H,19,22). The normalized spacial score (nSPS) is 18.0. The molecule has 0 spiro atoms. The lowest BCUT2D eigenvalue weighted by atomic mass is 9.96. The number of carbonyl (C=O) groups excluding carboxylic acids is 2. The molecule has 0 aliphatic carbocycles. The van der Waals surface area contributed by atoms with Gasteiger partial charge in [0.05, 0.1) is 12.0 Å². The number of hydrogen-bond acceptors (Lipinski definition) is 4. The minimum atomic E-state index is -1.26. The van der Waals surface area contributed by atoms with Crippen molar-refractivity contribution in [3.05, 3.63) is 53.6 Å². The van der Waals surface area contributed by atoms with Crippen LogP contribution in [0, 0.1) is 0 Å². The van der Waals surface area contributed by atoms with Crippen LogP contribution in [0.15, 0.2) is 36.8 Å². The highest BCUT2D eigenvalue weighted by atomic mass is 16.3. The molecule has 1 aliphatic heterocycles. The van der Waals surface area contributed by atoms with Gasteiger partial charge in [0.1, 0.15) is 12.1 Å². The van der Waals surface area contributed by atoms with Crippen LogP contribution in [0.25, 0.3) is 0 Å². The van der Waals surface area contributed by atoms with Crippen molar-refractivity contribution in [1.82, 2.24) is 20.2 Å². The number of nitrogens with one attached hydrogen (secondary N) is 2. The Labute approximate surface area is 133 Å². The number of aliphatic hydroxyl groups is 1. The van der Waals surface area contributed by atoms with E-state index in [1.165, 1.54) is 0 Å². The van der Waals surface area contributed by atoms with E-state index in [1.54, 1.807) is 17.1 Å². The molecule has 2 heterocycles. The van der Waals surface area contributed by atoms with Gasteiger partial charge in [0.25, 0.3) is 0 Å². The van der Waals surface area contributed by atoms with Crippen LogP contribution in [0.5, 0.6) is 0 Å². The van der Waals surface area contributed by atoms with Crippen molar-refractivity contribution in [1.29, 1.82) is 0 Å². The lowest BCUT2D eigenvalue weighted by Gasteiger charge is -2.26. The molecule has 3 N–H and O–H groups in total. The predicted octanol–water partition coefficient (Wildman–Crippen LogP) is -0.189. The summed E-state index contributed by atoms with van der Waals surface area (Å²) in [4.78, 5) is 28.3. The van der Waals surface area contributed by atoms with E-state index < -0.39 is 18.1 Å². The van der Waals surface area contributed by atoms with Gasteiger partial charge in [-0.2, -0.15) is 0 Å². The lowest BCUT2D eigenvalue weighted by Crippen LogP contribution is -2.47. The Morgan fingerprint density at radius 3 is 3.04 bits per heavy atom.